The summed E-state index contributed by atoms with van der Waals surface area (Å²) in [6.45, 7) is 6.76. The number of nitrogens with zero attached hydrogens (tertiary/aromatic N) is 1. The van der Waals surface area contributed by atoms with E-state index < -0.39 is 10.0 Å². The number of sulfonamides is 1. The lowest BCUT2D eigenvalue weighted by Gasteiger charge is -2.34. The van der Waals surface area contributed by atoms with E-state index in [0.29, 0.717) is 13.1 Å². The van der Waals surface area contributed by atoms with Crippen molar-refractivity contribution in [2.75, 3.05) is 25.4 Å². The third-order valence-corrected chi connectivity index (χ3v) is 6.47. The molecule has 1 aliphatic heterocycles. The minimum absolute atomic E-state index is 0.0892. The highest BCUT2D eigenvalue weighted by atomic mass is 32.2. The molecule has 1 aromatic carbocycles. The highest BCUT2D eigenvalue weighted by Gasteiger charge is 2.30. The molecule has 2 rings (SSSR count). The van der Waals surface area contributed by atoms with Crippen LogP contribution in [0.3, 0.4) is 0 Å². The first-order valence-corrected chi connectivity index (χ1v) is 11.4. The van der Waals surface area contributed by atoms with E-state index in [2.05, 4.69) is 24.4 Å². The zero-order valence-corrected chi connectivity index (χ0v) is 17.4. The van der Waals surface area contributed by atoms with E-state index in [1.807, 2.05) is 26.0 Å². The van der Waals surface area contributed by atoms with Gasteiger partial charge < -0.3 is 10.1 Å². The molecular formula is C20H32N2O4S. The van der Waals surface area contributed by atoms with Crippen molar-refractivity contribution < 1.29 is 17.9 Å². The van der Waals surface area contributed by atoms with E-state index in [1.54, 1.807) is 0 Å². The van der Waals surface area contributed by atoms with Crippen molar-refractivity contribution in [1.29, 1.82) is 0 Å². The Morgan fingerprint density at radius 1 is 1.15 bits per heavy atom. The van der Waals surface area contributed by atoms with Gasteiger partial charge in [-0.25, -0.2) is 8.42 Å². The monoisotopic (exact) mass is 396 g/mol. The molecule has 2 unspecified atom stereocenters. The molecule has 1 fully saturated rings. The van der Waals surface area contributed by atoms with Gasteiger partial charge in [0.25, 0.3) is 0 Å². The SMILES string of the molecule is CCCCc1ccc(CC(=O)NCCS(=O)(=O)N2CC(C)OC(C)C2)cc1. The Morgan fingerprint density at radius 2 is 1.74 bits per heavy atom. The lowest BCUT2D eigenvalue weighted by atomic mass is 10.0. The summed E-state index contributed by atoms with van der Waals surface area (Å²) in [4.78, 5) is 12.1. The molecule has 0 bridgehead atoms. The van der Waals surface area contributed by atoms with E-state index in [4.69, 9.17) is 4.74 Å². The van der Waals surface area contributed by atoms with Gasteiger partial charge in [-0.15, -0.1) is 0 Å². The van der Waals surface area contributed by atoms with E-state index in [-0.39, 0.29) is 36.8 Å². The van der Waals surface area contributed by atoms with Crippen LogP contribution >= 0.6 is 0 Å². The van der Waals surface area contributed by atoms with Crippen LogP contribution in [0.2, 0.25) is 0 Å². The summed E-state index contributed by atoms with van der Waals surface area (Å²) in [6.07, 6.45) is 3.42. The molecule has 0 spiro atoms. The van der Waals surface area contributed by atoms with Crippen molar-refractivity contribution in [1.82, 2.24) is 9.62 Å². The number of morpholine rings is 1. The fraction of sp³-hybridized carbons (Fsp3) is 0.650. The third-order valence-electron chi connectivity index (χ3n) is 4.67. The predicted molar refractivity (Wildman–Crippen MR) is 107 cm³/mol. The average Bonchev–Trinajstić information content (AvgIpc) is 2.60. The van der Waals surface area contributed by atoms with Gasteiger partial charge in [-0.2, -0.15) is 4.31 Å². The normalized spacial score (nSPS) is 21.1. The summed E-state index contributed by atoms with van der Waals surface area (Å²) < 4.78 is 32.0. The average molecular weight is 397 g/mol. The largest absolute Gasteiger partial charge is 0.373 e. The summed E-state index contributed by atoms with van der Waals surface area (Å²) in [5.74, 6) is -0.246. The van der Waals surface area contributed by atoms with Crippen LogP contribution in [-0.4, -0.2) is 56.2 Å². The molecule has 2 atom stereocenters. The van der Waals surface area contributed by atoms with Crippen LogP contribution in [0.5, 0.6) is 0 Å². The Labute approximate surface area is 163 Å². The molecule has 0 radical (unpaired) electrons. The molecular weight excluding hydrogens is 364 g/mol. The van der Waals surface area contributed by atoms with Crippen LogP contribution in [0.4, 0.5) is 0 Å². The summed E-state index contributed by atoms with van der Waals surface area (Å²) in [5.41, 5.74) is 2.22. The number of benzene rings is 1. The smallest absolute Gasteiger partial charge is 0.224 e. The predicted octanol–water partition coefficient (Wildman–Crippen LogP) is 2.13. The number of ether oxygens (including phenoxy) is 1. The molecule has 0 aromatic heterocycles. The molecule has 1 N–H and O–H groups in total. The van der Waals surface area contributed by atoms with Gasteiger partial charge in [0.2, 0.25) is 15.9 Å². The summed E-state index contributed by atoms with van der Waals surface area (Å²) in [5, 5.41) is 2.72. The molecule has 0 saturated carbocycles. The van der Waals surface area contributed by atoms with Crippen molar-refractivity contribution in [3.8, 4) is 0 Å². The molecule has 1 aliphatic rings. The lowest BCUT2D eigenvalue weighted by Crippen LogP contribution is -2.49. The Balaban J connectivity index is 1.76. The number of hydrogen-bond donors (Lipinski definition) is 1. The van der Waals surface area contributed by atoms with Gasteiger partial charge in [-0.3, -0.25) is 4.79 Å². The van der Waals surface area contributed by atoms with Crippen molar-refractivity contribution in [3.05, 3.63) is 35.4 Å². The van der Waals surface area contributed by atoms with Crippen molar-refractivity contribution in [2.24, 2.45) is 0 Å². The highest BCUT2D eigenvalue weighted by Crippen LogP contribution is 2.14. The third kappa shape index (κ3) is 7.24. The highest BCUT2D eigenvalue weighted by molar-refractivity contribution is 7.89. The Hall–Kier alpha value is -1.44. The topological polar surface area (TPSA) is 75.7 Å². The van der Waals surface area contributed by atoms with E-state index >= 15 is 0 Å². The number of aryl methyl sites for hydroxylation is 1. The quantitative estimate of drug-likeness (QED) is 0.694. The fourth-order valence-corrected chi connectivity index (χ4v) is 4.75. The van der Waals surface area contributed by atoms with E-state index in [0.717, 1.165) is 24.8 Å². The van der Waals surface area contributed by atoms with Crippen molar-refractivity contribution >= 4 is 15.9 Å². The van der Waals surface area contributed by atoms with Gasteiger partial charge in [0, 0.05) is 19.6 Å². The zero-order valence-electron chi connectivity index (χ0n) is 16.6. The maximum Gasteiger partial charge on any atom is 0.224 e. The molecule has 1 amide bonds. The lowest BCUT2D eigenvalue weighted by molar-refractivity contribution is -0.120. The van der Waals surface area contributed by atoms with Crippen LogP contribution < -0.4 is 5.32 Å². The van der Waals surface area contributed by atoms with E-state index in [9.17, 15) is 13.2 Å². The minimum Gasteiger partial charge on any atom is -0.373 e. The number of hydrogen-bond acceptors (Lipinski definition) is 4. The van der Waals surface area contributed by atoms with Crippen LogP contribution in [0.15, 0.2) is 24.3 Å². The second-order valence-electron chi connectivity index (χ2n) is 7.34. The summed E-state index contributed by atoms with van der Waals surface area (Å²) >= 11 is 0. The number of carbonyl (C=O) groups is 1. The van der Waals surface area contributed by atoms with E-state index in [1.165, 1.54) is 9.87 Å². The molecule has 0 aliphatic carbocycles. The van der Waals surface area contributed by atoms with Crippen LogP contribution in [0.1, 0.15) is 44.7 Å². The first-order chi connectivity index (χ1) is 12.8. The van der Waals surface area contributed by atoms with Gasteiger partial charge in [0.05, 0.1) is 24.4 Å². The van der Waals surface area contributed by atoms with Crippen LogP contribution in [0.25, 0.3) is 0 Å². The Kier molecular flexibility index (Phi) is 8.26. The standard InChI is InChI=1S/C20H32N2O4S/c1-4-5-6-18-7-9-19(10-8-18)13-20(23)21-11-12-27(24,25)22-14-16(2)26-17(3)15-22/h7-10,16-17H,4-6,11-15H2,1-3H3,(H,21,23). The van der Waals surface area contributed by atoms with Gasteiger partial charge in [0.15, 0.2) is 0 Å². The van der Waals surface area contributed by atoms with Crippen LogP contribution in [0, 0.1) is 0 Å². The van der Waals surface area contributed by atoms with Crippen LogP contribution in [-0.2, 0) is 32.4 Å². The number of nitrogens with one attached hydrogen (secondary N) is 1. The number of carbonyl (C=O) groups excluding carboxylic acids is 1. The molecule has 6 nitrogen and oxygen atoms in total. The summed E-state index contributed by atoms with van der Waals surface area (Å²) in [6, 6.07) is 8.06. The van der Waals surface area contributed by atoms with Gasteiger partial charge in [-0.1, -0.05) is 37.6 Å². The minimum atomic E-state index is -3.39. The second kappa shape index (κ2) is 10.2. The Morgan fingerprint density at radius 3 is 2.33 bits per heavy atom. The first kappa shape index (κ1) is 21.9. The molecule has 1 saturated heterocycles. The number of amides is 1. The maximum atomic E-state index is 12.5. The number of unbranched alkanes of at least 4 members (excludes halogenated alkanes) is 1. The zero-order chi connectivity index (χ0) is 19.9. The maximum absolute atomic E-state index is 12.5. The second-order valence-corrected chi connectivity index (χ2v) is 9.43. The first-order valence-electron chi connectivity index (χ1n) is 9.78. The van der Waals surface area contributed by atoms with Gasteiger partial charge in [-0.05, 0) is 37.8 Å². The van der Waals surface area contributed by atoms with Crippen molar-refractivity contribution in [2.45, 2.75) is 58.7 Å². The molecule has 27 heavy (non-hydrogen) atoms. The number of rotatable bonds is 9. The summed E-state index contributed by atoms with van der Waals surface area (Å²) in [7, 11) is -3.39. The van der Waals surface area contributed by atoms with Gasteiger partial charge in [0.1, 0.15) is 0 Å². The Bertz CT molecular complexity index is 693. The fourth-order valence-electron chi connectivity index (χ4n) is 3.26. The molecule has 7 heteroatoms. The molecule has 1 aromatic rings. The molecule has 152 valence electrons. The van der Waals surface area contributed by atoms with Crippen molar-refractivity contribution in [3.63, 3.8) is 0 Å². The van der Waals surface area contributed by atoms with Gasteiger partial charge >= 0.3 is 0 Å². The molecule has 1 heterocycles.